The minimum Gasteiger partial charge on any atom is -0.332 e. The van der Waals surface area contributed by atoms with Gasteiger partial charge in [-0.1, -0.05) is 0 Å². The summed E-state index contributed by atoms with van der Waals surface area (Å²) in [6.07, 6.45) is 2.79. The fourth-order valence-corrected chi connectivity index (χ4v) is 1.78. The van der Waals surface area contributed by atoms with Gasteiger partial charge in [0.25, 0.3) is 0 Å². The maximum absolute atomic E-state index is 11.1. The van der Waals surface area contributed by atoms with E-state index in [1.54, 1.807) is 4.90 Å². The second-order valence-electron chi connectivity index (χ2n) is 2.98. The monoisotopic (exact) mass is 139 g/mol. The van der Waals surface area contributed by atoms with Gasteiger partial charge in [-0.25, -0.2) is 0 Å². The SMILES string of the molecule is O=CCN1C(=O)C2CC1C2. The molecule has 10 heavy (non-hydrogen) atoms. The average Bonchev–Trinajstić information content (AvgIpc) is 2.20. The molecule has 3 aliphatic rings. The van der Waals surface area contributed by atoms with Crippen LogP contribution in [0.1, 0.15) is 12.8 Å². The van der Waals surface area contributed by atoms with Crippen molar-refractivity contribution in [3.63, 3.8) is 0 Å². The first-order valence-corrected chi connectivity index (χ1v) is 3.57. The lowest BCUT2D eigenvalue weighted by molar-refractivity contribution is -0.130. The van der Waals surface area contributed by atoms with Crippen LogP contribution in [-0.4, -0.2) is 29.7 Å². The quantitative estimate of drug-likeness (QED) is 0.497. The van der Waals surface area contributed by atoms with Crippen molar-refractivity contribution in [2.45, 2.75) is 18.9 Å². The summed E-state index contributed by atoms with van der Waals surface area (Å²) in [5.41, 5.74) is 0. The molecule has 0 aromatic heterocycles. The molecule has 3 heteroatoms. The van der Waals surface area contributed by atoms with Crippen LogP contribution in [0.3, 0.4) is 0 Å². The van der Waals surface area contributed by atoms with E-state index in [9.17, 15) is 9.59 Å². The van der Waals surface area contributed by atoms with Crippen LogP contribution < -0.4 is 0 Å². The van der Waals surface area contributed by atoms with Gasteiger partial charge in [0.15, 0.2) is 0 Å². The van der Waals surface area contributed by atoms with Crippen LogP contribution in [0.5, 0.6) is 0 Å². The molecular weight excluding hydrogens is 130 g/mol. The van der Waals surface area contributed by atoms with Crippen molar-refractivity contribution in [2.24, 2.45) is 5.92 Å². The number of rotatable bonds is 2. The van der Waals surface area contributed by atoms with Crippen molar-refractivity contribution in [3.05, 3.63) is 0 Å². The lowest BCUT2D eigenvalue weighted by atomic mass is 9.86. The summed E-state index contributed by atoms with van der Waals surface area (Å²) in [4.78, 5) is 22.9. The molecule has 2 heterocycles. The third-order valence-corrected chi connectivity index (χ3v) is 2.46. The fourth-order valence-electron chi connectivity index (χ4n) is 1.78. The van der Waals surface area contributed by atoms with Crippen LogP contribution in [-0.2, 0) is 9.59 Å². The Labute approximate surface area is 59.0 Å². The first-order chi connectivity index (χ1) is 4.83. The van der Waals surface area contributed by atoms with E-state index in [0.29, 0.717) is 12.6 Å². The number of amides is 1. The molecule has 3 rings (SSSR count). The van der Waals surface area contributed by atoms with Crippen LogP contribution in [0, 0.1) is 5.92 Å². The minimum absolute atomic E-state index is 0.192. The van der Waals surface area contributed by atoms with Gasteiger partial charge in [0, 0.05) is 12.0 Å². The molecule has 0 aromatic carbocycles. The highest BCUT2D eigenvalue weighted by molar-refractivity contribution is 5.86. The minimum atomic E-state index is 0.192. The Bertz CT molecular complexity index is 184. The van der Waals surface area contributed by atoms with Gasteiger partial charge in [0.05, 0.1) is 6.54 Å². The Morgan fingerprint density at radius 1 is 1.60 bits per heavy atom. The van der Waals surface area contributed by atoms with E-state index in [1.807, 2.05) is 0 Å². The smallest absolute Gasteiger partial charge is 0.226 e. The number of aldehydes is 1. The lowest BCUT2D eigenvalue weighted by Gasteiger charge is -2.23. The van der Waals surface area contributed by atoms with Gasteiger partial charge in [0.1, 0.15) is 6.29 Å². The van der Waals surface area contributed by atoms with E-state index in [4.69, 9.17) is 0 Å². The van der Waals surface area contributed by atoms with E-state index in [0.717, 1.165) is 19.1 Å². The van der Waals surface area contributed by atoms with Crippen molar-refractivity contribution in [2.75, 3.05) is 6.54 Å². The molecule has 0 atom stereocenters. The highest BCUT2D eigenvalue weighted by atomic mass is 16.2. The van der Waals surface area contributed by atoms with E-state index < -0.39 is 0 Å². The van der Waals surface area contributed by atoms with Crippen molar-refractivity contribution >= 4 is 12.2 Å². The number of carbonyl (C=O) groups is 2. The van der Waals surface area contributed by atoms with Crippen LogP contribution in [0.25, 0.3) is 0 Å². The topological polar surface area (TPSA) is 37.4 Å². The van der Waals surface area contributed by atoms with E-state index in [1.165, 1.54) is 0 Å². The molecule has 1 amide bonds. The maximum atomic E-state index is 11.1. The zero-order chi connectivity index (χ0) is 7.14. The third-order valence-electron chi connectivity index (χ3n) is 2.46. The van der Waals surface area contributed by atoms with Crippen LogP contribution >= 0.6 is 0 Å². The van der Waals surface area contributed by atoms with E-state index in [-0.39, 0.29) is 11.8 Å². The van der Waals surface area contributed by atoms with E-state index >= 15 is 0 Å². The molecule has 54 valence electrons. The summed E-state index contributed by atoms with van der Waals surface area (Å²) >= 11 is 0. The summed E-state index contributed by atoms with van der Waals surface area (Å²) in [5, 5.41) is 0. The predicted octanol–water partition coefficient (Wildman–Crippen LogP) is -0.194. The first kappa shape index (κ1) is 5.89. The average molecular weight is 139 g/mol. The van der Waals surface area contributed by atoms with Crippen molar-refractivity contribution < 1.29 is 9.59 Å². The Morgan fingerprint density at radius 2 is 2.30 bits per heavy atom. The summed E-state index contributed by atoms with van der Waals surface area (Å²) < 4.78 is 0. The molecule has 0 unspecified atom stereocenters. The van der Waals surface area contributed by atoms with Gasteiger partial charge >= 0.3 is 0 Å². The third kappa shape index (κ3) is 0.549. The molecule has 0 N–H and O–H groups in total. The number of hydrogen-bond acceptors (Lipinski definition) is 2. The molecule has 1 aliphatic carbocycles. The molecule has 2 saturated heterocycles. The molecule has 3 fully saturated rings. The summed E-state index contributed by atoms with van der Waals surface area (Å²) in [6.45, 7) is 0.306. The second-order valence-corrected chi connectivity index (χ2v) is 2.98. The summed E-state index contributed by atoms with van der Waals surface area (Å²) in [5.74, 6) is 0.460. The molecule has 2 aliphatic heterocycles. The normalized spacial score (nSPS) is 36.0. The van der Waals surface area contributed by atoms with Crippen LogP contribution in [0.15, 0.2) is 0 Å². The molecule has 1 saturated carbocycles. The van der Waals surface area contributed by atoms with Gasteiger partial charge in [-0.3, -0.25) is 4.79 Å². The molecular formula is C7H9NO2. The van der Waals surface area contributed by atoms with Crippen molar-refractivity contribution in [1.29, 1.82) is 0 Å². The van der Waals surface area contributed by atoms with Gasteiger partial charge in [-0.05, 0) is 12.8 Å². The van der Waals surface area contributed by atoms with Crippen LogP contribution in [0.4, 0.5) is 0 Å². The summed E-state index contributed by atoms with van der Waals surface area (Å²) in [7, 11) is 0. The van der Waals surface area contributed by atoms with Gasteiger partial charge < -0.3 is 9.69 Å². The standard InChI is InChI=1S/C7H9NO2/c9-2-1-8-6-3-5(4-6)7(8)10/h2,5-6H,1,3-4H2. The zero-order valence-electron chi connectivity index (χ0n) is 5.62. The Balaban J connectivity index is 2.09. The second kappa shape index (κ2) is 1.81. The zero-order valence-corrected chi connectivity index (χ0v) is 5.62. The largest absolute Gasteiger partial charge is 0.332 e. The van der Waals surface area contributed by atoms with Crippen molar-refractivity contribution in [3.8, 4) is 0 Å². The number of nitrogens with zero attached hydrogens (tertiary/aromatic N) is 1. The molecule has 3 nitrogen and oxygen atoms in total. The highest BCUT2D eigenvalue weighted by Crippen LogP contribution is 2.41. The van der Waals surface area contributed by atoms with Gasteiger partial charge in [-0.2, -0.15) is 0 Å². The molecule has 0 radical (unpaired) electrons. The van der Waals surface area contributed by atoms with Gasteiger partial charge in [-0.15, -0.1) is 0 Å². The lowest BCUT2D eigenvalue weighted by Crippen LogP contribution is -2.31. The van der Waals surface area contributed by atoms with Crippen LogP contribution in [0.2, 0.25) is 0 Å². The maximum Gasteiger partial charge on any atom is 0.226 e. The molecule has 0 spiro atoms. The predicted molar refractivity (Wildman–Crippen MR) is 34.3 cm³/mol. The number of carbonyl (C=O) groups excluding carboxylic acids is 2. The van der Waals surface area contributed by atoms with Crippen molar-refractivity contribution in [1.82, 2.24) is 4.90 Å². The molecule has 2 bridgehead atoms. The van der Waals surface area contributed by atoms with Gasteiger partial charge in [0.2, 0.25) is 5.91 Å². The number of fused-ring (bicyclic) bond motifs is 1. The number of hydrogen-bond donors (Lipinski definition) is 0. The first-order valence-electron chi connectivity index (χ1n) is 3.57. The van der Waals surface area contributed by atoms with E-state index in [2.05, 4.69) is 0 Å². The highest BCUT2D eigenvalue weighted by Gasteiger charge is 2.49. The Morgan fingerprint density at radius 3 is 2.70 bits per heavy atom. The summed E-state index contributed by atoms with van der Waals surface area (Å²) in [6, 6.07) is 0.405. The Kier molecular flexibility index (Phi) is 1.07. The molecule has 0 aromatic rings. The Hall–Kier alpha value is -0.860. The fraction of sp³-hybridized carbons (Fsp3) is 0.714.